The number of anilines is 1. The van der Waals surface area contributed by atoms with Gasteiger partial charge >= 0.3 is 0 Å². The van der Waals surface area contributed by atoms with E-state index in [0.717, 1.165) is 11.3 Å². The molecular weight excluding hydrogens is 304 g/mol. The van der Waals surface area contributed by atoms with E-state index < -0.39 is 6.04 Å². The van der Waals surface area contributed by atoms with Gasteiger partial charge in [0.25, 0.3) is 0 Å². The number of benzene rings is 2. The highest BCUT2D eigenvalue weighted by Gasteiger charge is 2.46. The van der Waals surface area contributed by atoms with Crippen molar-refractivity contribution < 1.29 is 14.3 Å². The minimum Gasteiger partial charge on any atom is -0.454 e. The van der Waals surface area contributed by atoms with Gasteiger partial charge in [-0.1, -0.05) is 17.7 Å². The quantitative estimate of drug-likeness (QED) is 0.865. The standard InChI is InChI=1S/C16H13ClN2O3/c17-10-2-4-11(5-3-10)19-15(14(18)16(19)20)9-1-6-12-13(7-9)22-8-21-12/h1-7,14-15H,8,18H2/t14-,15+/m1/s1. The smallest absolute Gasteiger partial charge is 0.247 e. The zero-order valence-electron chi connectivity index (χ0n) is 11.5. The molecule has 2 aliphatic heterocycles. The summed E-state index contributed by atoms with van der Waals surface area (Å²) in [5.74, 6) is 1.28. The number of hydrogen-bond acceptors (Lipinski definition) is 4. The van der Waals surface area contributed by atoms with Crippen molar-refractivity contribution >= 4 is 23.2 Å². The summed E-state index contributed by atoms with van der Waals surface area (Å²) in [4.78, 5) is 13.9. The molecular formula is C16H13ClN2O3. The summed E-state index contributed by atoms with van der Waals surface area (Å²) in [5, 5.41) is 0.626. The van der Waals surface area contributed by atoms with Crippen LogP contribution in [0, 0.1) is 0 Å². The molecule has 2 aromatic carbocycles. The molecule has 1 amide bonds. The molecule has 0 aromatic heterocycles. The molecule has 6 heteroatoms. The van der Waals surface area contributed by atoms with Crippen molar-refractivity contribution in [3.8, 4) is 11.5 Å². The highest BCUT2D eigenvalue weighted by molar-refractivity contribution is 6.30. The molecule has 1 fully saturated rings. The van der Waals surface area contributed by atoms with Crippen LogP contribution in [0.1, 0.15) is 11.6 Å². The summed E-state index contributed by atoms with van der Waals surface area (Å²) in [7, 11) is 0. The second kappa shape index (κ2) is 4.90. The molecule has 1 saturated heterocycles. The normalized spacial score (nSPS) is 22.6. The van der Waals surface area contributed by atoms with Crippen LogP contribution >= 0.6 is 11.6 Å². The van der Waals surface area contributed by atoms with E-state index in [1.807, 2.05) is 30.3 Å². The van der Waals surface area contributed by atoms with Crippen LogP contribution in [0.15, 0.2) is 42.5 Å². The summed E-state index contributed by atoms with van der Waals surface area (Å²) in [5.41, 5.74) is 7.71. The number of nitrogens with zero attached hydrogens (tertiary/aromatic N) is 1. The van der Waals surface area contributed by atoms with Crippen LogP contribution in [0.4, 0.5) is 5.69 Å². The maximum absolute atomic E-state index is 12.2. The summed E-state index contributed by atoms with van der Waals surface area (Å²) >= 11 is 5.90. The highest BCUT2D eigenvalue weighted by Crippen LogP contribution is 2.42. The van der Waals surface area contributed by atoms with Crippen molar-refractivity contribution in [3.63, 3.8) is 0 Å². The topological polar surface area (TPSA) is 64.8 Å². The van der Waals surface area contributed by atoms with Gasteiger partial charge in [0.1, 0.15) is 6.04 Å². The average Bonchev–Trinajstić information content (AvgIpc) is 3.00. The fourth-order valence-electron chi connectivity index (χ4n) is 2.85. The Labute approximate surface area is 132 Å². The Morgan fingerprint density at radius 2 is 1.82 bits per heavy atom. The van der Waals surface area contributed by atoms with E-state index in [-0.39, 0.29) is 18.7 Å². The number of fused-ring (bicyclic) bond motifs is 1. The Balaban J connectivity index is 1.70. The second-order valence-corrected chi connectivity index (χ2v) is 5.70. The Hall–Kier alpha value is -2.24. The molecule has 0 spiro atoms. The third-order valence-electron chi connectivity index (χ3n) is 3.98. The second-order valence-electron chi connectivity index (χ2n) is 5.27. The van der Waals surface area contributed by atoms with Crippen LogP contribution in [0.5, 0.6) is 11.5 Å². The fourth-order valence-corrected chi connectivity index (χ4v) is 2.98. The summed E-state index contributed by atoms with van der Waals surface area (Å²) in [6, 6.07) is 12.0. The molecule has 2 aromatic rings. The molecule has 2 N–H and O–H groups in total. The van der Waals surface area contributed by atoms with Crippen molar-refractivity contribution in [2.45, 2.75) is 12.1 Å². The maximum Gasteiger partial charge on any atom is 0.247 e. The van der Waals surface area contributed by atoms with E-state index >= 15 is 0 Å². The lowest BCUT2D eigenvalue weighted by Crippen LogP contribution is -2.63. The lowest BCUT2D eigenvalue weighted by atomic mass is 9.88. The van der Waals surface area contributed by atoms with Gasteiger partial charge in [0.2, 0.25) is 12.7 Å². The number of carbonyl (C=O) groups excluding carboxylic acids is 1. The van der Waals surface area contributed by atoms with Gasteiger partial charge in [-0.25, -0.2) is 0 Å². The molecule has 2 heterocycles. The van der Waals surface area contributed by atoms with Gasteiger partial charge in [-0.2, -0.15) is 0 Å². The van der Waals surface area contributed by atoms with E-state index in [9.17, 15) is 4.79 Å². The molecule has 0 bridgehead atoms. The van der Waals surface area contributed by atoms with Gasteiger partial charge in [-0.3, -0.25) is 4.79 Å². The largest absolute Gasteiger partial charge is 0.454 e. The van der Waals surface area contributed by atoms with E-state index in [1.165, 1.54) is 0 Å². The molecule has 112 valence electrons. The molecule has 5 nitrogen and oxygen atoms in total. The van der Waals surface area contributed by atoms with E-state index in [4.69, 9.17) is 26.8 Å². The summed E-state index contributed by atoms with van der Waals surface area (Å²) in [6.45, 7) is 0.218. The number of hydrogen-bond donors (Lipinski definition) is 1. The molecule has 0 aliphatic carbocycles. The zero-order chi connectivity index (χ0) is 15.3. The van der Waals surface area contributed by atoms with Gasteiger partial charge in [-0.05, 0) is 42.0 Å². The van der Waals surface area contributed by atoms with Crippen LogP contribution in [-0.2, 0) is 4.79 Å². The molecule has 4 rings (SSSR count). The molecule has 0 unspecified atom stereocenters. The number of halogens is 1. The lowest BCUT2D eigenvalue weighted by Gasteiger charge is -2.45. The lowest BCUT2D eigenvalue weighted by molar-refractivity contribution is -0.126. The highest BCUT2D eigenvalue weighted by atomic mass is 35.5. The average molecular weight is 317 g/mol. The van der Waals surface area contributed by atoms with Crippen molar-refractivity contribution in [2.75, 3.05) is 11.7 Å². The first-order valence-corrected chi connectivity index (χ1v) is 7.27. The number of β-lactam (4-membered cyclic amide) rings is 1. The molecule has 2 atom stereocenters. The third kappa shape index (κ3) is 1.94. The van der Waals surface area contributed by atoms with Crippen LogP contribution in [0.2, 0.25) is 5.02 Å². The number of rotatable bonds is 2. The third-order valence-corrected chi connectivity index (χ3v) is 4.24. The predicted octanol–water partition coefficient (Wildman–Crippen LogP) is 2.48. The van der Waals surface area contributed by atoms with E-state index in [1.54, 1.807) is 17.0 Å². The maximum atomic E-state index is 12.2. The first-order chi connectivity index (χ1) is 10.6. The summed E-state index contributed by atoms with van der Waals surface area (Å²) < 4.78 is 10.7. The van der Waals surface area contributed by atoms with Crippen LogP contribution in [0.3, 0.4) is 0 Å². The monoisotopic (exact) mass is 316 g/mol. The predicted molar refractivity (Wildman–Crippen MR) is 82.2 cm³/mol. The van der Waals surface area contributed by atoms with Gasteiger partial charge in [0.05, 0.1) is 6.04 Å². The van der Waals surface area contributed by atoms with E-state index in [2.05, 4.69) is 0 Å². The van der Waals surface area contributed by atoms with E-state index in [0.29, 0.717) is 16.5 Å². The van der Waals surface area contributed by atoms with Gasteiger partial charge in [-0.15, -0.1) is 0 Å². The van der Waals surface area contributed by atoms with Gasteiger partial charge < -0.3 is 20.1 Å². The molecule has 0 radical (unpaired) electrons. The number of amides is 1. The minimum atomic E-state index is -0.559. The van der Waals surface area contributed by atoms with Crippen LogP contribution in [0.25, 0.3) is 0 Å². The molecule has 0 saturated carbocycles. The van der Waals surface area contributed by atoms with Crippen molar-refractivity contribution in [2.24, 2.45) is 5.73 Å². The molecule has 22 heavy (non-hydrogen) atoms. The van der Waals surface area contributed by atoms with Crippen molar-refractivity contribution in [3.05, 3.63) is 53.1 Å². The Morgan fingerprint density at radius 1 is 1.09 bits per heavy atom. The molecule has 2 aliphatic rings. The number of ether oxygens (including phenoxy) is 2. The Bertz CT molecular complexity index is 748. The van der Waals surface area contributed by atoms with Crippen LogP contribution in [-0.4, -0.2) is 18.7 Å². The minimum absolute atomic E-state index is 0.106. The number of nitrogens with two attached hydrogens (primary N) is 1. The fraction of sp³-hybridized carbons (Fsp3) is 0.188. The Kier molecular flexibility index (Phi) is 2.99. The SMILES string of the molecule is N[C@H]1C(=O)N(c2ccc(Cl)cc2)[C@H]1c1ccc2c(c1)OCO2. The van der Waals surface area contributed by atoms with Gasteiger partial charge in [0.15, 0.2) is 11.5 Å². The van der Waals surface area contributed by atoms with Crippen molar-refractivity contribution in [1.29, 1.82) is 0 Å². The van der Waals surface area contributed by atoms with Gasteiger partial charge in [0, 0.05) is 10.7 Å². The number of carbonyl (C=O) groups is 1. The zero-order valence-corrected chi connectivity index (χ0v) is 12.3. The first kappa shape index (κ1) is 13.4. The Morgan fingerprint density at radius 3 is 2.59 bits per heavy atom. The summed E-state index contributed by atoms with van der Waals surface area (Å²) in [6.07, 6.45) is 0. The van der Waals surface area contributed by atoms with Crippen molar-refractivity contribution in [1.82, 2.24) is 0 Å². The van der Waals surface area contributed by atoms with Crippen LogP contribution < -0.4 is 20.1 Å². The first-order valence-electron chi connectivity index (χ1n) is 6.89.